The second-order valence-corrected chi connectivity index (χ2v) is 4.87. The fraction of sp³-hybridized carbons (Fsp3) is 1.00. The Kier molecular flexibility index (Phi) is 5.83. The van der Waals surface area contributed by atoms with Crippen molar-refractivity contribution in [2.45, 2.75) is 32.2 Å². The van der Waals surface area contributed by atoms with Crippen molar-refractivity contribution in [1.29, 1.82) is 0 Å². The molecule has 0 bridgehead atoms. The maximum atomic E-state index is 6.06. The number of unbranched alkanes of at least 4 members (excludes halogenated alkanes) is 1. The third-order valence-corrected chi connectivity index (χ3v) is 3.72. The van der Waals surface area contributed by atoms with E-state index in [1.807, 2.05) is 11.8 Å². The molecule has 0 aromatic carbocycles. The highest BCUT2D eigenvalue weighted by Gasteiger charge is 2.22. The van der Waals surface area contributed by atoms with Gasteiger partial charge in [-0.25, -0.2) is 0 Å². The summed E-state index contributed by atoms with van der Waals surface area (Å²) < 4.78 is 5.32. The lowest BCUT2D eigenvalue weighted by Crippen LogP contribution is -2.32. The van der Waals surface area contributed by atoms with Crippen LogP contribution in [0.4, 0.5) is 0 Å². The third kappa shape index (κ3) is 4.34. The molecule has 2 unspecified atom stereocenters. The van der Waals surface area contributed by atoms with Crippen LogP contribution in [0.1, 0.15) is 26.2 Å². The topological polar surface area (TPSA) is 35.2 Å². The largest absolute Gasteiger partial charge is 0.381 e. The maximum Gasteiger partial charge on any atom is 0.0510 e. The van der Waals surface area contributed by atoms with Crippen LogP contribution in [0.15, 0.2) is 0 Å². The Hall–Kier alpha value is 0.270. The summed E-state index contributed by atoms with van der Waals surface area (Å²) in [5, 5.41) is 0. The van der Waals surface area contributed by atoms with E-state index in [9.17, 15) is 0 Å². The van der Waals surface area contributed by atoms with Crippen LogP contribution in [0.5, 0.6) is 0 Å². The Morgan fingerprint density at radius 3 is 3.08 bits per heavy atom. The molecule has 0 spiro atoms. The van der Waals surface area contributed by atoms with Gasteiger partial charge in [-0.05, 0) is 18.6 Å². The SMILES string of the molecule is CCCCSCC(N)C1CCOC1. The molecule has 1 rings (SSSR count). The summed E-state index contributed by atoms with van der Waals surface area (Å²) in [6.07, 6.45) is 3.77. The van der Waals surface area contributed by atoms with Crippen molar-refractivity contribution in [3.8, 4) is 0 Å². The Balaban J connectivity index is 1.99. The van der Waals surface area contributed by atoms with Crippen LogP contribution in [-0.4, -0.2) is 30.8 Å². The van der Waals surface area contributed by atoms with Crippen molar-refractivity contribution in [3.05, 3.63) is 0 Å². The van der Waals surface area contributed by atoms with Gasteiger partial charge in [-0.1, -0.05) is 13.3 Å². The van der Waals surface area contributed by atoms with Gasteiger partial charge in [0.1, 0.15) is 0 Å². The lowest BCUT2D eigenvalue weighted by atomic mass is 10.0. The van der Waals surface area contributed by atoms with Gasteiger partial charge >= 0.3 is 0 Å². The molecule has 1 saturated heterocycles. The highest BCUT2D eigenvalue weighted by atomic mass is 32.2. The minimum Gasteiger partial charge on any atom is -0.381 e. The average molecular weight is 203 g/mol. The van der Waals surface area contributed by atoms with E-state index in [-0.39, 0.29) is 0 Å². The van der Waals surface area contributed by atoms with Crippen molar-refractivity contribution in [2.24, 2.45) is 11.7 Å². The molecule has 0 radical (unpaired) electrons. The molecule has 0 aromatic rings. The van der Waals surface area contributed by atoms with E-state index in [2.05, 4.69) is 6.92 Å². The maximum absolute atomic E-state index is 6.06. The van der Waals surface area contributed by atoms with Crippen molar-refractivity contribution in [3.63, 3.8) is 0 Å². The fourth-order valence-corrected chi connectivity index (χ4v) is 2.70. The van der Waals surface area contributed by atoms with E-state index in [1.54, 1.807) is 0 Å². The van der Waals surface area contributed by atoms with E-state index in [1.165, 1.54) is 18.6 Å². The normalized spacial score (nSPS) is 24.9. The highest BCUT2D eigenvalue weighted by molar-refractivity contribution is 7.99. The van der Waals surface area contributed by atoms with Crippen molar-refractivity contribution in [1.82, 2.24) is 0 Å². The van der Waals surface area contributed by atoms with Gasteiger partial charge in [-0.15, -0.1) is 0 Å². The third-order valence-electron chi connectivity index (χ3n) is 2.52. The summed E-state index contributed by atoms with van der Waals surface area (Å²) in [5.41, 5.74) is 6.06. The average Bonchev–Trinajstić information content (AvgIpc) is 2.65. The van der Waals surface area contributed by atoms with Gasteiger partial charge in [-0.2, -0.15) is 11.8 Å². The molecule has 1 aliphatic heterocycles. The molecule has 3 heteroatoms. The lowest BCUT2D eigenvalue weighted by molar-refractivity contribution is 0.182. The first-order valence-corrected chi connectivity index (χ1v) is 6.41. The molecule has 78 valence electrons. The van der Waals surface area contributed by atoms with Crippen LogP contribution < -0.4 is 5.73 Å². The molecule has 13 heavy (non-hydrogen) atoms. The minimum atomic E-state index is 0.351. The zero-order chi connectivity index (χ0) is 9.52. The van der Waals surface area contributed by atoms with Crippen LogP contribution in [-0.2, 0) is 4.74 Å². The highest BCUT2D eigenvalue weighted by Crippen LogP contribution is 2.18. The van der Waals surface area contributed by atoms with Crippen LogP contribution in [0, 0.1) is 5.92 Å². The smallest absolute Gasteiger partial charge is 0.0510 e. The van der Waals surface area contributed by atoms with Gasteiger partial charge in [0.25, 0.3) is 0 Å². The molecule has 0 aliphatic carbocycles. The monoisotopic (exact) mass is 203 g/mol. The van der Waals surface area contributed by atoms with Gasteiger partial charge in [0.15, 0.2) is 0 Å². The first-order valence-electron chi connectivity index (χ1n) is 5.25. The van der Waals surface area contributed by atoms with Crippen LogP contribution in [0.2, 0.25) is 0 Å². The summed E-state index contributed by atoms with van der Waals surface area (Å²) in [6, 6.07) is 0.351. The molecule has 0 aromatic heterocycles. The van der Waals surface area contributed by atoms with Crippen molar-refractivity contribution >= 4 is 11.8 Å². The molecule has 1 heterocycles. The van der Waals surface area contributed by atoms with E-state index in [4.69, 9.17) is 10.5 Å². The molecule has 2 nitrogen and oxygen atoms in total. The van der Waals surface area contributed by atoms with E-state index in [0.29, 0.717) is 12.0 Å². The summed E-state index contributed by atoms with van der Waals surface area (Å²) in [6.45, 7) is 4.03. The van der Waals surface area contributed by atoms with Crippen molar-refractivity contribution < 1.29 is 4.74 Å². The van der Waals surface area contributed by atoms with Gasteiger partial charge in [-0.3, -0.25) is 0 Å². The fourth-order valence-electron chi connectivity index (χ4n) is 1.49. The summed E-state index contributed by atoms with van der Waals surface area (Å²) >= 11 is 1.99. The molecular formula is C10H21NOS. The standard InChI is InChI=1S/C10H21NOS/c1-2-3-6-13-8-10(11)9-4-5-12-7-9/h9-10H,2-8,11H2,1H3. The zero-order valence-corrected chi connectivity index (χ0v) is 9.31. The Morgan fingerprint density at radius 2 is 2.46 bits per heavy atom. The number of rotatable bonds is 6. The van der Waals surface area contributed by atoms with Crippen LogP contribution in [0.3, 0.4) is 0 Å². The molecule has 1 aliphatic rings. The van der Waals surface area contributed by atoms with Gasteiger partial charge < -0.3 is 10.5 Å². The summed E-state index contributed by atoms with van der Waals surface area (Å²) in [4.78, 5) is 0. The molecule has 0 saturated carbocycles. The minimum absolute atomic E-state index is 0.351. The van der Waals surface area contributed by atoms with Gasteiger partial charge in [0.05, 0.1) is 6.61 Å². The van der Waals surface area contributed by atoms with E-state index < -0.39 is 0 Å². The first kappa shape index (κ1) is 11.3. The Morgan fingerprint density at radius 1 is 1.62 bits per heavy atom. The molecule has 2 atom stereocenters. The quantitative estimate of drug-likeness (QED) is 0.670. The second-order valence-electron chi connectivity index (χ2n) is 3.72. The van der Waals surface area contributed by atoms with Gasteiger partial charge in [0.2, 0.25) is 0 Å². The van der Waals surface area contributed by atoms with E-state index >= 15 is 0 Å². The first-order chi connectivity index (χ1) is 6.34. The molecule has 0 amide bonds. The number of hydrogen-bond donors (Lipinski definition) is 1. The molecular weight excluding hydrogens is 182 g/mol. The van der Waals surface area contributed by atoms with Crippen LogP contribution in [0.25, 0.3) is 0 Å². The predicted molar refractivity (Wildman–Crippen MR) is 59.1 cm³/mol. The number of ether oxygens (including phenoxy) is 1. The van der Waals surface area contributed by atoms with E-state index in [0.717, 1.165) is 25.4 Å². The van der Waals surface area contributed by atoms with Crippen LogP contribution >= 0.6 is 11.8 Å². The predicted octanol–water partition coefficient (Wildman–Crippen LogP) is 1.88. The Bertz CT molecular complexity index is 126. The zero-order valence-electron chi connectivity index (χ0n) is 8.50. The molecule has 1 fully saturated rings. The lowest BCUT2D eigenvalue weighted by Gasteiger charge is -2.16. The number of thioether (sulfide) groups is 1. The Labute approximate surface area is 85.6 Å². The molecule has 2 N–H and O–H groups in total. The summed E-state index contributed by atoms with van der Waals surface area (Å²) in [5.74, 6) is 2.99. The number of hydrogen-bond acceptors (Lipinski definition) is 3. The van der Waals surface area contributed by atoms with Gasteiger partial charge in [0, 0.05) is 24.3 Å². The number of nitrogens with two attached hydrogens (primary N) is 1. The van der Waals surface area contributed by atoms with Crippen molar-refractivity contribution in [2.75, 3.05) is 24.7 Å². The summed E-state index contributed by atoms with van der Waals surface area (Å²) in [7, 11) is 0. The second kappa shape index (κ2) is 6.68.